The van der Waals surface area contributed by atoms with Crippen molar-refractivity contribution in [2.75, 3.05) is 17.2 Å². The van der Waals surface area contributed by atoms with Crippen molar-refractivity contribution in [1.29, 1.82) is 0 Å². The van der Waals surface area contributed by atoms with Crippen LogP contribution in [0.4, 0.5) is 11.8 Å². The van der Waals surface area contributed by atoms with Crippen molar-refractivity contribution >= 4 is 17.4 Å². The second-order valence-corrected chi connectivity index (χ2v) is 5.47. The van der Waals surface area contributed by atoms with E-state index in [2.05, 4.69) is 33.9 Å². The molecule has 2 aromatic rings. The molecule has 2 aromatic heterocycles. The molecule has 1 aliphatic heterocycles. The van der Waals surface area contributed by atoms with Crippen molar-refractivity contribution in [1.82, 2.24) is 19.6 Å². The summed E-state index contributed by atoms with van der Waals surface area (Å²) in [5, 5.41) is 8.52. The number of rotatable bonds is 2. The number of nitrogen functional groups attached to an aromatic ring is 1. The molecule has 1 saturated heterocycles. The highest BCUT2D eigenvalue weighted by Gasteiger charge is 2.35. The first kappa shape index (κ1) is 12.2. The van der Waals surface area contributed by atoms with Gasteiger partial charge in [0.15, 0.2) is 5.82 Å². The summed E-state index contributed by atoms with van der Waals surface area (Å²) in [6, 6.07) is 0. The van der Waals surface area contributed by atoms with Gasteiger partial charge >= 0.3 is 0 Å². The highest BCUT2D eigenvalue weighted by atomic mass is 15.4. The predicted molar refractivity (Wildman–Crippen MR) is 75.1 cm³/mol. The first-order valence-electron chi connectivity index (χ1n) is 6.88. The SMILES string of the molecule is CC[C@]1(C)CCCCN1c1nnc2c(N)nccn12. The zero-order valence-electron chi connectivity index (χ0n) is 11.5. The Balaban J connectivity index is 2.10. The molecule has 0 amide bonds. The summed E-state index contributed by atoms with van der Waals surface area (Å²) < 4.78 is 1.95. The Bertz CT molecular complexity index is 592. The van der Waals surface area contributed by atoms with E-state index in [1.807, 2.05) is 10.6 Å². The Morgan fingerprint density at radius 1 is 1.37 bits per heavy atom. The predicted octanol–water partition coefficient (Wildman–Crippen LogP) is 1.87. The molecule has 102 valence electrons. The van der Waals surface area contributed by atoms with Gasteiger partial charge in [0.1, 0.15) is 0 Å². The van der Waals surface area contributed by atoms with Gasteiger partial charge in [-0.15, -0.1) is 10.2 Å². The zero-order valence-corrected chi connectivity index (χ0v) is 11.5. The summed E-state index contributed by atoms with van der Waals surface area (Å²) in [4.78, 5) is 6.43. The smallest absolute Gasteiger partial charge is 0.232 e. The Morgan fingerprint density at radius 2 is 2.21 bits per heavy atom. The quantitative estimate of drug-likeness (QED) is 0.892. The fourth-order valence-electron chi connectivity index (χ4n) is 2.91. The molecule has 0 radical (unpaired) electrons. The van der Waals surface area contributed by atoms with Crippen LogP contribution in [0.3, 0.4) is 0 Å². The van der Waals surface area contributed by atoms with Crippen molar-refractivity contribution in [3.05, 3.63) is 12.4 Å². The van der Waals surface area contributed by atoms with Crippen molar-refractivity contribution in [2.45, 2.75) is 45.1 Å². The third-order valence-electron chi connectivity index (χ3n) is 4.34. The molecular weight excluding hydrogens is 240 g/mol. The lowest BCUT2D eigenvalue weighted by atomic mass is 9.86. The van der Waals surface area contributed by atoms with E-state index in [-0.39, 0.29) is 5.54 Å². The van der Waals surface area contributed by atoms with Crippen LogP contribution in [0.25, 0.3) is 5.65 Å². The van der Waals surface area contributed by atoms with E-state index < -0.39 is 0 Å². The number of aromatic nitrogens is 4. The van der Waals surface area contributed by atoms with Crippen LogP contribution in [0, 0.1) is 0 Å². The molecule has 3 rings (SSSR count). The van der Waals surface area contributed by atoms with Crippen LogP contribution >= 0.6 is 0 Å². The summed E-state index contributed by atoms with van der Waals surface area (Å²) in [7, 11) is 0. The van der Waals surface area contributed by atoms with E-state index >= 15 is 0 Å². The van der Waals surface area contributed by atoms with Gasteiger partial charge in [0.05, 0.1) is 0 Å². The van der Waals surface area contributed by atoms with Crippen molar-refractivity contribution in [2.24, 2.45) is 0 Å². The highest BCUT2D eigenvalue weighted by Crippen LogP contribution is 2.34. The van der Waals surface area contributed by atoms with Gasteiger partial charge in [0.2, 0.25) is 11.6 Å². The lowest BCUT2D eigenvalue weighted by Crippen LogP contribution is -2.50. The van der Waals surface area contributed by atoms with E-state index in [4.69, 9.17) is 5.73 Å². The van der Waals surface area contributed by atoms with Crippen molar-refractivity contribution in [3.8, 4) is 0 Å². The maximum absolute atomic E-state index is 5.85. The number of fused-ring (bicyclic) bond motifs is 1. The lowest BCUT2D eigenvalue weighted by molar-refractivity contribution is 0.318. The van der Waals surface area contributed by atoms with Gasteiger partial charge in [0, 0.05) is 24.5 Å². The van der Waals surface area contributed by atoms with E-state index in [0.717, 1.165) is 18.9 Å². The topological polar surface area (TPSA) is 72.3 Å². The molecule has 1 fully saturated rings. The Labute approximate surface area is 112 Å². The molecule has 0 aromatic carbocycles. The molecule has 0 unspecified atom stereocenters. The first-order valence-corrected chi connectivity index (χ1v) is 6.88. The van der Waals surface area contributed by atoms with Crippen LogP contribution < -0.4 is 10.6 Å². The number of nitrogens with zero attached hydrogens (tertiary/aromatic N) is 5. The Hall–Kier alpha value is -1.85. The summed E-state index contributed by atoms with van der Waals surface area (Å²) >= 11 is 0. The average Bonchev–Trinajstić information content (AvgIpc) is 2.84. The van der Waals surface area contributed by atoms with Gasteiger partial charge in [-0.25, -0.2) is 4.98 Å². The number of piperidine rings is 1. The van der Waals surface area contributed by atoms with E-state index in [1.54, 1.807) is 6.20 Å². The second-order valence-electron chi connectivity index (χ2n) is 5.47. The van der Waals surface area contributed by atoms with Crippen LogP contribution in [-0.2, 0) is 0 Å². The summed E-state index contributed by atoms with van der Waals surface area (Å²) in [5.74, 6) is 1.31. The minimum absolute atomic E-state index is 0.152. The molecule has 0 bridgehead atoms. The third kappa shape index (κ3) is 1.82. The first-order chi connectivity index (χ1) is 9.15. The molecule has 6 nitrogen and oxygen atoms in total. The van der Waals surface area contributed by atoms with E-state index in [9.17, 15) is 0 Å². The van der Waals surface area contributed by atoms with Crippen molar-refractivity contribution < 1.29 is 0 Å². The zero-order chi connectivity index (χ0) is 13.5. The molecule has 3 heterocycles. The number of anilines is 2. The minimum Gasteiger partial charge on any atom is -0.381 e. The third-order valence-corrected chi connectivity index (χ3v) is 4.34. The average molecular weight is 260 g/mol. The lowest BCUT2D eigenvalue weighted by Gasteiger charge is -2.44. The maximum atomic E-state index is 5.85. The van der Waals surface area contributed by atoms with Gasteiger partial charge in [0.25, 0.3) is 0 Å². The van der Waals surface area contributed by atoms with Gasteiger partial charge in [-0.3, -0.25) is 4.40 Å². The van der Waals surface area contributed by atoms with Crippen molar-refractivity contribution in [3.63, 3.8) is 0 Å². The largest absolute Gasteiger partial charge is 0.381 e. The molecule has 0 aliphatic carbocycles. The Kier molecular flexibility index (Phi) is 2.80. The number of hydrogen-bond acceptors (Lipinski definition) is 5. The van der Waals surface area contributed by atoms with Crippen LogP contribution in [0.15, 0.2) is 12.4 Å². The molecule has 19 heavy (non-hydrogen) atoms. The van der Waals surface area contributed by atoms with E-state index in [0.29, 0.717) is 11.5 Å². The monoisotopic (exact) mass is 260 g/mol. The molecule has 1 atom stereocenters. The van der Waals surface area contributed by atoms with Crippen LogP contribution in [0.1, 0.15) is 39.5 Å². The number of hydrogen-bond donors (Lipinski definition) is 1. The molecule has 0 saturated carbocycles. The summed E-state index contributed by atoms with van der Waals surface area (Å²) in [6.07, 6.45) is 8.35. The Morgan fingerprint density at radius 3 is 3.00 bits per heavy atom. The number of nitrogens with two attached hydrogens (primary N) is 1. The molecule has 0 spiro atoms. The summed E-state index contributed by atoms with van der Waals surface area (Å²) in [6.45, 7) is 5.56. The van der Waals surface area contributed by atoms with Crippen LogP contribution in [0.5, 0.6) is 0 Å². The normalized spacial score (nSPS) is 24.0. The molecule has 1 aliphatic rings. The van der Waals surface area contributed by atoms with Gasteiger partial charge in [-0.2, -0.15) is 0 Å². The van der Waals surface area contributed by atoms with Gasteiger partial charge in [-0.05, 0) is 32.6 Å². The second kappa shape index (κ2) is 4.36. The maximum Gasteiger partial charge on any atom is 0.232 e. The van der Waals surface area contributed by atoms with Gasteiger partial charge in [-0.1, -0.05) is 6.92 Å². The fourth-order valence-corrected chi connectivity index (χ4v) is 2.91. The van der Waals surface area contributed by atoms with E-state index in [1.165, 1.54) is 19.3 Å². The molecular formula is C13H20N6. The van der Waals surface area contributed by atoms with Crippen LogP contribution in [0.2, 0.25) is 0 Å². The molecule has 2 N–H and O–H groups in total. The highest BCUT2D eigenvalue weighted by molar-refractivity contribution is 5.62. The minimum atomic E-state index is 0.152. The fraction of sp³-hybridized carbons (Fsp3) is 0.615. The summed E-state index contributed by atoms with van der Waals surface area (Å²) in [5.41, 5.74) is 6.64. The van der Waals surface area contributed by atoms with Crippen LogP contribution in [-0.4, -0.2) is 31.7 Å². The standard InChI is InChI=1S/C13H20N6/c1-3-13(2)6-4-5-8-19(13)12-17-16-11-10(14)15-7-9-18(11)12/h7,9H,3-6,8H2,1-2H3,(H2,14,15)/t13-/m1/s1. The molecule has 6 heteroatoms. The van der Waals surface area contributed by atoms with Gasteiger partial charge < -0.3 is 10.6 Å².